The summed E-state index contributed by atoms with van der Waals surface area (Å²) in [5, 5.41) is 0. The molecule has 0 heteroatoms. The van der Waals surface area contributed by atoms with Gasteiger partial charge in [0.15, 0.2) is 0 Å². The van der Waals surface area contributed by atoms with Gasteiger partial charge in [-0.25, -0.2) is 0 Å². The molecule has 1 aliphatic rings. The highest BCUT2D eigenvalue weighted by atomic mass is 14.1. The molecule has 14 heavy (non-hydrogen) atoms. The normalized spacial score (nSPS) is 14.6. The van der Waals surface area contributed by atoms with E-state index in [1.807, 2.05) is 0 Å². The summed E-state index contributed by atoms with van der Waals surface area (Å²) in [7, 11) is 0. The molecule has 0 heterocycles. The zero-order chi connectivity index (χ0) is 10.1. The Labute approximate surface area is 86.7 Å². The zero-order valence-corrected chi connectivity index (χ0v) is 9.30. The van der Waals surface area contributed by atoms with Crippen molar-refractivity contribution in [1.82, 2.24) is 0 Å². The van der Waals surface area contributed by atoms with E-state index in [4.69, 9.17) is 0 Å². The number of hydrogen-bond acceptors (Lipinski definition) is 0. The van der Waals surface area contributed by atoms with Crippen LogP contribution in [0.5, 0.6) is 0 Å². The molecule has 0 radical (unpaired) electrons. The zero-order valence-electron chi connectivity index (χ0n) is 9.30. The molecule has 1 aromatic carbocycles. The highest BCUT2D eigenvalue weighted by Crippen LogP contribution is 2.27. The van der Waals surface area contributed by atoms with Gasteiger partial charge in [-0.15, -0.1) is 0 Å². The smallest absolute Gasteiger partial charge is 0.0216 e. The van der Waals surface area contributed by atoms with Crippen LogP contribution in [0, 0.1) is 6.92 Å². The Hall–Kier alpha value is -1.04. The highest BCUT2D eigenvalue weighted by Gasteiger charge is 2.09. The van der Waals surface area contributed by atoms with Crippen LogP contribution in [-0.4, -0.2) is 0 Å². The molecule has 0 bridgehead atoms. The van der Waals surface area contributed by atoms with Gasteiger partial charge in [-0.05, 0) is 47.9 Å². The average Bonchev–Trinajstić information content (AvgIpc) is 2.16. The van der Waals surface area contributed by atoms with Gasteiger partial charge < -0.3 is 0 Å². The maximum absolute atomic E-state index is 2.40. The lowest BCUT2D eigenvalue weighted by Gasteiger charge is -2.16. The Kier molecular flexibility index (Phi) is 2.45. The first-order valence-corrected chi connectivity index (χ1v) is 5.48. The van der Waals surface area contributed by atoms with Crippen molar-refractivity contribution in [1.29, 1.82) is 0 Å². The van der Waals surface area contributed by atoms with Gasteiger partial charge in [-0.3, -0.25) is 0 Å². The van der Waals surface area contributed by atoms with Crippen molar-refractivity contribution in [3.63, 3.8) is 0 Å². The molecule has 1 aliphatic carbocycles. The minimum atomic E-state index is 0.645. The van der Waals surface area contributed by atoms with E-state index >= 15 is 0 Å². The number of allylic oxidation sites excluding steroid dienone is 1. The lowest BCUT2D eigenvalue weighted by atomic mass is 9.89. The second-order valence-corrected chi connectivity index (χ2v) is 4.50. The molecule has 1 aromatic rings. The van der Waals surface area contributed by atoms with Crippen LogP contribution in [0.25, 0.3) is 6.08 Å². The summed E-state index contributed by atoms with van der Waals surface area (Å²) >= 11 is 0. The minimum Gasteiger partial charge on any atom is -0.0836 e. The summed E-state index contributed by atoms with van der Waals surface area (Å²) in [5.74, 6) is 0.645. The Morgan fingerprint density at radius 3 is 2.71 bits per heavy atom. The molecule has 0 unspecified atom stereocenters. The molecule has 0 spiro atoms. The lowest BCUT2D eigenvalue weighted by Crippen LogP contribution is -2.00. The first-order valence-electron chi connectivity index (χ1n) is 5.48. The van der Waals surface area contributed by atoms with Gasteiger partial charge in [0.25, 0.3) is 0 Å². The minimum absolute atomic E-state index is 0.645. The monoisotopic (exact) mass is 186 g/mol. The second kappa shape index (κ2) is 3.61. The van der Waals surface area contributed by atoms with Crippen LogP contribution in [0.15, 0.2) is 18.2 Å². The van der Waals surface area contributed by atoms with E-state index in [-0.39, 0.29) is 0 Å². The fourth-order valence-corrected chi connectivity index (χ4v) is 2.24. The number of fused-ring (bicyclic) bond motifs is 1. The molecule has 0 atom stereocenters. The second-order valence-electron chi connectivity index (χ2n) is 4.50. The van der Waals surface area contributed by atoms with Crippen LogP contribution in [0.3, 0.4) is 0 Å². The van der Waals surface area contributed by atoms with E-state index < -0.39 is 0 Å². The van der Waals surface area contributed by atoms with Gasteiger partial charge >= 0.3 is 0 Å². The van der Waals surface area contributed by atoms with E-state index in [0.29, 0.717) is 5.92 Å². The molecular weight excluding hydrogens is 168 g/mol. The van der Waals surface area contributed by atoms with Crippen molar-refractivity contribution in [2.45, 2.75) is 39.5 Å². The number of hydrogen-bond donors (Lipinski definition) is 0. The summed E-state index contributed by atoms with van der Waals surface area (Å²) in [5.41, 5.74) is 5.91. The predicted octanol–water partition coefficient (Wildman–Crippen LogP) is 4.08. The van der Waals surface area contributed by atoms with Crippen molar-refractivity contribution in [3.05, 3.63) is 40.5 Å². The summed E-state index contributed by atoms with van der Waals surface area (Å²) in [4.78, 5) is 0. The number of benzene rings is 1. The molecule has 0 fully saturated rings. The molecule has 0 aromatic heterocycles. The first kappa shape index (κ1) is 9.51. The predicted molar refractivity (Wildman–Crippen MR) is 62.6 cm³/mol. The van der Waals surface area contributed by atoms with Crippen molar-refractivity contribution in [2.75, 3.05) is 0 Å². The van der Waals surface area contributed by atoms with Crippen LogP contribution >= 0.6 is 0 Å². The van der Waals surface area contributed by atoms with Crippen molar-refractivity contribution in [3.8, 4) is 0 Å². The van der Waals surface area contributed by atoms with E-state index in [0.717, 1.165) is 0 Å². The molecule has 2 rings (SSSR count). The SMILES string of the molecule is Cc1cc2c(cc1C(C)C)CCC=C2. The number of aryl methyl sites for hydroxylation is 2. The molecule has 74 valence electrons. The van der Waals surface area contributed by atoms with E-state index in [9.17, 15) is 0 Å². The Bertz CT molecular complexity index is 370. The third-order valence-corrected chi connectivity index (χ3v) is 3.03. The van der Waals surface area contributed by atoms with Crippen molar-refractivity contribution < 1.29 is 0 Å². The fourth-order valence-electron chi connectivity index (χ4n) is 2.24. The molecular formula is C14H18. The van der Waals surface area contributed by atoms with Crippen LogP contribution in [-0.2, 0) is 6.42 Å². The van der Waals surface area contributed by atoms with Gasteiger partial charge in [0, 0.05) is 0 Å². The molecule has 0 saturated carbocycles. The first-order chi connectivity index (χ1) is 6.68. The van der Waals surface area contributed by atoms with E-state index in [1.54, 1.807) is 0 Å². The topological polar surface area (TPSA) is 0 Å². The van der Waals surface area contributed by atoms with Gasteiger partial charge in [-0.1, -0.05) is 38.1 Å². The van der Waals surface area contributed by atoms with Gasteiger partial charge in [0.05, 0.1) is 0 Å². The standard InChI is InChI=1S/C14H18/c1-10(2)14-9-13-7-5-4-6-12(13)8-11(14)3/h4,6,8-10H,5,7H2,1-3H3. The molecule has 0 amide bonds. The van der Waals surface area contributed by atoms with Crippen LogP contribution in [0.2, 0.25) is 0 Å². The van der Waals surface area contributed by atoms with Crippen LogP contribution in [0.4, 0.5) is 0 Å². The summed E-state index contributed by atoms with van der Waals surface area (Å²) < 4.78 is 0. The Morgan fingerprint density at radius 2 is 2.00 bits per heavy atom. The Balaban J connectivity index is 2.52. The maximum atomic E-state index is 2.40. The fraction of sp³-hybridized carbons (Fsp3) is 0.429. The van der Waals surface area contributed by atoms with E-state index in [1.165, 1.54) is 35.1 Å². The number of rotatable bonds is 1. The summed E-state index contributed by atoms with van der Waals surface area (Å²) in [6.07, 6.45) is 6.95. The largest absolute Gasteiger partial charge is 0.0836 e. The lowest BCUT2D eigenvalue weighted by molar-refractivity contribution is 0.847. The van der Waals surface area contributed by atoms with Gasteiger partial charge in [0.2, 0.25) is 0 Å². The van der Waals surface area contributed by atoms with Crippen LogP contribution in [0.1, 0.15) is 48.4 Å². The van der Waals surface area contributed by atoms with Gasteiger partial charge in [0.1, 0.15) is 0 Å². The Morgan fingerprint density at radius 1 is 1.21 bits per heavy atom. The quantitative estimate of drug-likeness (QED) is 0.620. The van der Waals surface area contributed by atoms with Crippen LogP contribution < -0.4 is 0 Å². The highest BCUT2D eigenvalue weighted by molar-refractivity contribution is 5.59. The van der Waals surface area contributed by atoms with E-state index in [2.05, 4.69) is 45.1 Å². The van der Waals surface area contributed by atoms with Gasteiger partial charge in [-0.2, -0.15) is 0 Å². The average molecular weight is 186 g/mol. The summed E-state index contributed by atoms with van der Waals surface area (Å²) in [6, 6.07) is 4.74. The molecule has 0 aliphatic heterocycles. The van der Waals surface area contributed by atoms with Crippen molar-refractivity contribution in [2.24, 2.45) is 0 Å². The molecule has 0 saturated heterocycles. The summed E-state index contributed by atoms with van der Waals surface area (Å²) in [6.45, 7) is 6.76. The van der Waals surface area contributed by atoms with Crippen molar-refractivity contribution >= 4 is 6.08 Å². The molecule has 0 N–H and O–H groups in total. The maximum Gasteiger partial charge on any atom is -0.0216 e. The molecule has 0 nitrogen and oxygen atoms in total. The third-order valence-electron chi connectivity index (χ3n) is 3.03. The third kappa shape index (κ3) is 1.61.